The van der Waals surface area contributed by atoms with Gasteiger partial charge in [0, 0.05) is 0 Å². The second-order valence-corrected chi connectivity index (χ2v) is 11.0. The van der Waals surface area contributed by atoms with Crippen LogP contribution in [0.3, 0.4) is 0 Å². The fourth-order valence-corrected chi connectivity index (χ4v) is 5.46. The lowest BCUT2D eigenvalue weighted by atomic mass is 10.2. The lowest BCUT2D eigenvalue weighted by molar-refractivity contribution is 0.698. The van der Waals surface area contributed by atoms with Crippen LogP contribution < -0.4 is 0 Å². The molecule has 0 bridgehead atoms. The Morgan fingerprint density at radius 3 is 1.67 bits per heavy atom. The van der Waals surface area contributed by atoms with Crippen molar-refractivity contribution in [1.29, 1.82) is 0 Å². The molecule has 0 fully saturated rings. The van der Waals surface area contributed by atoms with Gasteiger partial charge >= 0.3 is 0 Å². The lowest BCUT2D eigenvalue weighted by Crippen LogP contribution is -2.24. The minimum absolute atomic E-state index is 1.30. The highest BCUT2D eigenvalue weighted by Gasteiger charge is 2.19. The normalized spacial score (nSPS) is 14.2. The third-order valence-corrected chi connectivity index (χ3v) is 7.77. The molecule has 126 valence electrons. The van der Waals surface area contributed by atoms with Gasteiger partial charge in [0.2, 0.25) is 0 Å². The molecular formula is C23H30Si. The van der Waals surface area contributed by atoms with Crippen LogP contribution in [0, 0.1) is 0 Å². The van der Waals surface area contributed by atoms with E-state index in [0.29, 0.717) is 0 Å². The zero-order valence-corrected chi connectivity index (χ0v) is 16.1. The predicted molar refractivity (Wildman–Crippen MR) is 112 cm³/mol. The van der Waals surface area contributed by atoms with E-state index in [1.54, 1.807) is 0 Å². The molecule has 0 aliphatic heterocycles. The summed E-state index contributed by atoms with van der Waals surface area (Å²) >= 11 is 0. The van der Waals surface area contributed by atoms with Crippen molar-refractivity contribution in [3.05, 3.63) is 83.2 Å². The van der Waals surface area contributed by atoms with Crippen molar-refractivity contribution in [2.75, 3.05) is 0 Å². The minimum atomic E-state index is -1.53. The van der Waals surface area contributed by atoms with Gasteiger partial charge in [0.1, 0.15) is 0 Å². The first kappa shape index (κ1) is 18.5. The quantitative estimate of drug-likeness (QED) is 0.337. The van der Waals surface area contributed by atoms with Crippen LogP contribution in [0.5, 0.6) is 0 Å². The zero-order valence-electron chi connectivity index (χ0n) is 15.1. The largest absolute Gasteiger partial charge is 0.0985 e. The summed E-state index contributed by atoms with van der Waals surface area (Å²) in [6.07, 6.45) is 10.0. The molecule has 2 aromatic carbocycles. The molecule has 0 atom stereocenters. The SMILES string of the molecule is CCCCCC[Si](C)(C=Cc1ccccc1)C=Cc1ccccc1. The highest BCUT2D eigenvalue weighted by molar-refractivity contribution is 6.88. The third kappa shape index (κ3) is 6.72. The summed E-state index contributed by atoms with van der Waals surface area (Å²) < 4.78 is 0. The van der Waals surface area contributed by atoms with Crippen LogP contribution in [-0.4, -0.2) is 8.07 Å². The monoisotopic (exact) mass is 334 g/mol. The molecule has 0 spiro atoms. The first-order valence-electron chi connectivity index (χ1n) is 9.20. The summed E-state index contributed by atoms with van der Waals surface area (Å²) in [5, 5.41) is 0. The van der Waals surface area contributed by atoms with Crippen molar-refractivity contribution in [2.45, 2.75) is 45.2 Å². The molecule has 0 unspecified atom stereocenters. The van der Waals surface area contributed by atoms with E-state index in [0.717, 1.165) is 0 Å². The molecule has 0 saturated heterocycles. The summed E-state index contributed by atoms with van der Waals surface area (Å²) in [5.41, 5.74) is 7.62. The Hall–Kier alpha value is -1.86. The van der Waals surface area contributed by atoms with E-state index in [1.165, 1.54) is 42.9 Å². The molecule has 0 amide bonds. The van der Waals surface area contributed by atoms with Gasteiger partial charge in [0.25, 0.3) is 0 Å². The summed E-state index contributed by atoms with van der Waals surface area (Å²) in [7, 11) is -1.53. The van der Waals surface area contributed by atoms with Crippen LogP contribution in [0.15, 0.2) is 72.1 Å². The molecule has 1 heteroatoms. The first-order chi connectivity index (χ1) is 11.7. The second kappa shape index (κ2) is 10.1. The van der Waals surface area contributed by atoms with Crippen LogP contribution in [0.4, 0.5) is 0 Å². The maximum atomic E-state index is 2.51. The third-order valence-electron chi connectivity index (χ3n) is 4.48. The van der Waals surface area contributed by atoms with Crippen molar-refractivity contribution in [1.82, 2.24) is 0 Å². The summed E-state index contributed by atoms with van der Waals surface area (Å²) in [5.74, 6) is 0. The number of hydrogen-bond donors (Lipinski definition) is 0. The fourth-order valence-electron chi connectivity index (χ4n) is 2.86. The highest BCUT2D eigenvalue weighted by Crippen LogP contribution is 2.21. The van der Waals surface area contributed by atoms with Crippen molar-refractivity contribution in [3.63, 3.8) is 0 Å². The van der Waals surface area contributed by atoms with E-state index < -0.39 is 8.07 Å². The Kier molecular flexibility index (Phi) is 7.77. The second-order valence-electron chi connectivity index (χ2n) is 6.80. The van der Waals surface area contributed by atoms with Crippen LogP contribution in [0.1, 0.15) is 43.7 Å². The molecule has 0 aliphatic rings. The van der Waals surface area contributed by atoms with Gasteiger partial charge in [-0.15, -0.1) is 0 Å². The van der Waals surface area contributed by atoms with Gasteiger partial charge in [0.15, 0.2) is 0 Å². The van der Waals surface area contributed by atoms with E-state index in [-0.39, 0.29) is 0 Å². The van der Waals surface area contributed by atoms with Crippen molar-refractivity contribution in [3.8, 4) is 0 Å². The average Bonchev–Trinajstić information content (AvgIpc) is 2.64. The maximum absolute atomic E-state index is 2.51. The van der Waals surface area contributed by atoms with Gasteiger partial charge in [-0.3, -0.25) is 0 Å². The van der Waals surface area contributed by atoms with Crippen LogP contribution in [0.2, 0.25) is 12.6 Å². The molecule has 0 aliphatic carbocycles. The van der Waals surface area contributed by atoms with Gasteiger partial charge in [-0.25, -0.2) is 0 Å². The Morgan fingerprint density at radius 1 is 0.708 bits per heavy atom. The summed E-state index contributed by atoms with van der Waals surface area (Å²) in [4.78, 5) is 0. The summed E-state index contributed by atoms with van der Waals surface area (Å²) in [6.45, 7) is 4.76. The first-order valence-corrected chi connectivity index (χ1v) is 12.1. The van der Waals surface area contributed by atoms with Gasteiger partial charge in [-0.05, 0) is 11.1 Å². The molecule has 0 saturated carbocycles. The van der Waals surface area contributed by atoms with Gasteiger partial charge in [-0.2, -0.15) is 0 Å². The van der Waals surface area contributed by atoms with E-state index in [4.69, 9.17) is 0 Å². The van der Waals surface area contributed by atoms with Gasteiger partial charge < -0.3 is 0 Å². The fraction of sp³-hybridized carbons (Fsp3) is 0.304. The van der Waals surface area contributed by atoms with E-state index in [2.05, 4.69) is 97.7 Å². The number of benzene rings is 2. The molecule has 0 N–H and O–H groups in total. The van der Waals surface area contributed by atoms with Crippen LogP contribution >= 0.6 is 0 Å². The van der Waals surface area contributed by atoms with E-state index >= 15 is 0 Å². The molecule has 2 aromatic rings. The Morgan fingerprint density at radius 2 is 1.21 bits per heavy atom. The summed E-state index contributed by atoms with van der Waals surface area (Å²) in [6, 6.07) is 22.7. The number of rotatable bonds is 9. The highest BCUT2D eigenvalue weighted by atomic mass is 28.3. The molecular weight excluding hydrogens is 304 g/mol. The minimum Gasteiger partial charge on any atom is -0.0899 e. The molecule has 0 radical (unpaired) electrons. The Balaban J connectivity index is 2.10. The van der Waals surface area contributed by atoms with Crippen LogP contribution in [-0.2, 0) is 0 Å². The van der Waals surface area contributed by atoms with E-state index in [9.17, 15) is 0 Å². The lowest BCUT2D eigenvalue weighted by Gasteiger charge is -2.19. The Bertz CT molecular complexity index is 576. The Labute approximate surface area is 149 Å². The van der Waals surface area contributed by atoms with Crippen molar-refractivity contribution >= 4 is 20.2 Å². The molecule has 2 rings (SSSR count). The molecule has 0 aromatic heterocycles. The average molecular weight is 335 g/mol. The van der Waals surface area contributed by atoms with Gasteiger partial charge in [0.05, 0.1) is 8.07 Å². The van der Waals surface area contributed by atoms with Crippen molar-refractivity contribution < 1.29 is 0 Å². The molecule has 0 heterocycles. The van der Waals surface area contributed by atoms with Gasteiger partial charge in [-0.1, -0.05) is 129 Å². The topological polar surface area (TPSA) is 0 Å². The predicted octanol–water partition coefficient (Wildman–Crippen LogP) is 7.15. The smallest absolute Gasteiger partial charge is 0.0899 e. The number of hydrogen-bond acceptors (Lipinski definition) is 0. The van der Waals surface area contributed by atoms with Crippen molar-refractivity contribution in [2.24, 2.45) is 0 Å². The molecule has 0 nitrogen and oxygen atoms in total. The number of unbranched alkanes of at least 4 members (excludes halogenated alkanes) is 3. The molecule has 24 heavy (non-hydrogen) atoms. The zero-order chi connectivity index (χ0) is 17.1. The standard InChI is InChI=1S/C23H30Si/c1-3-4-5-12-19-24(2,20-17-22-13-8-6-9-14-22)21-18-23-15-10-7-11-16-23/h6-11,13-18,20-21H,3-5,12,19H2,1-2H3. The van der Waals surface area contributed by atoms with E-state index in [1.807, 2.05) is 0 Å². The van der Waals surface area contributed by atoms with Crippen LogP contribution in [0.25, 0.3) is 12.2 Å². The maximum Gasteiger partial charge on any atom is 0.0985 e.